The highest BCUT2D eigenvalue weighted by Gasteiger charge is 2.34. The van der Waals surface area contributed by atoms with Crippen molar-refractivity contribution in [2.24, 2.45) is 5.41 Å². The van der Waals surface area contributed by atoms with Crippen LogP contribution in [0.1, 0.15) is 33.4 Å². The van der Waals surface area contributed by atoms with Crippen LogP contribution >= 0.6 is 11.3 Å². The van der Waals surface area contributed by atoms with Crippen molar-refractivity contribution in [2.45, 2.75) is 40.3 Å². The molecule has 0 unspecified atom stereocenters. The van der Waals surface area contributed by atoms with Crippen molar-refractivity contribution >= 4 is 17.2 Å². The van der Waals surface area contributed by atoms with Gasteiger partial charge in [0, 0.05) is 17.5 Å². The lowest BCUT2D eigenvalue weighted by Crippen LogP contribution is -2.44. The predicted octanol–water partition coefficient (Wildman–Crippen LogP) is 5.19. The van der Waals surface area contributed by atoms with Crippen molar-refractivity contribution in [3.05, 3.63) is 35.3 Å². The third-order valence-electron chi connectivity index (χ3n) is 3.68. The molecular formula is C20H25F3N2O2S. The number of hydrogen-bond acceptors (Lipinski definition) is 4. The van der Waals surface area contributed by atoms with Crippen molar-refractivity contribution in [1.29, 1.82) is 0 Å². The second-order valence-electron chi connectivity index (χ2n) is 7.70. The number of alkyl halides is 3. The summed E-state index contributed by atoms with van der Waals surface area (Å²) in [5, 5.41) is 2.43. The standard InChI is InChI=1S/C20H25F3N2O2S/c1-5-27-16-8-6-14(7-9-16)18-24-15(11-28-18)10-17(26)25(12-19(2,3)4)13-20(21,22)23/h6-9,11H,5,10,12-13H2,1-4H3. The number of aromatic nitrogens is 1. The quantitative estimate of drug-likeness (QED) is 0.626. The summed E-state index contributed by atoms with van der Waals surface area (Å²) in [6.07, 6.45) is -4.59. The maximum atomic E-state index is 12.9. The minimum Gasteiger partial charge on any atom is -0.494 e. The van der Waals surface area contributed by atoms with Crippen molar-refractivity contribution in [3.63, 3.8) is 0 Å². The number of hydrogen-bond donors (Lipinski definition) is 0. The number of thiazole rings is 1. The zero-order valence-corrected chi connectivity index (χ0v) is 17.3. The summed E-state index contributed by atoms with van der Waals surface area (Å²) in [6, 6.07) is 7.40. The van der Waals surface area contributed by atoms with Gasteiger partial charge in [0.15, 0.2) is 0 Å². The van der Waals surface area contributed by atoms with Crippen LogP contribution in [-0.2, 0) is 11.2 Å². The Morgan fingerprint density at radius 3 is 2.32 bits per heavy atom. The number of ether oxygens (including phenoxy) is 1. The van der Waals surface area contributed by atoms with Gasteiger partial charge in [-0.2, -0.15) is 13.2 Å². The molecule has 1 aromatic carbocycles. The molecule has 0 saturated heterocycles. The van der Waals surface area contributed by atoms with E-state index in [4.69, 9.17) is 4.74 Å². The molecule has 0 fully saturated rings. The molecule has 0 atom stereocenters. The second kappa shape index (κ2) is 8.94. The zero-order chi connectivity index (χ0) is 20.9. The monoisotopic (exact) mass is 414 g/mol. The average molecular weight is 414 g/mol. The maximum Gasteiger partial charge on any atom is 0.406 e. The molecule has 0 spiro atoms. The fourth-order valence-corrected chi connectivity index (χ4v) is 3.49. The Bertz CT molecular complexity index is 764. The van der Waals surface area contributed by atoms with Crippen LogP contribution < -0.4 is 4.74 Å². The Morgan fingerprint density at radius 2 is 1.79 bits per heavy atom. The third-order valence-corrected chi connectivity index (χ3v) is 4.62. The number of benzene rings is 1. The van der Waals surface area contributed by atoms with Gasteiger partial charge in [0.1, 0.15) is 17.3 Å². The molecule has 0 bridgehead atoms. The molecular weight excluding hydrogens is 389 g/mol. The number of carbonyl (C=O) groups excluding carboxylic acids is 1. The number of amides is 1. The normalized spacial score (nSPS) is 12.1. The molecule has 1 amide bonds. The van der Waals surface area contributed by atoms with Gasteiger partial charge in [-0.25, -0.2) is 4.98 Å². The molecule has 4 nitrogen and oxygen atoms in total. The number of carbonyl (C=O) groups is 1. The summed E-state index contributed by atoms with van der Waals surface area (Å²) in [6.45, 7) is 6.66. The smallest absolute Gasteiger partial charge is 0.406 e. The van der Waals surface area contributed by atoms with Crippen molar-refractivity contribution in [2.75, 3.05) is 19.7 Å². The van der Waals surface area contributed by atoms with E-state index in [1.165, 1.54) is 11.3 Å². The van der Waals surface area contributed by atoms with Crippen LogP contribution in [-0.4, -0.2) is 41.7 Å². The number of halogens is 3. The van der Waals surface area contributed by atoms with Crippen LogP contribution in [0.4, 0.5) is 13.2 Å². The number of rotatable bonds is 7. The zero-order valence-electron chi connectivity index (χ0n) is 16.5. The number of nitrogens with zero attached hydrogens (tertiary/aromatic N) is 2. The minimum absolute atomic E-state index is 0.0290. The highest BCUT2D eigenvalue weighted by Crippen LogP contribution is 2.27. The molecule has 154 valence electrons. The van der Waals surface area contributed by atoms with Crippen LogP contribution in [0, 0.1) is 5.41 Å². The minimum atomic E-state index is -4.43. The molecule has 8 heteroatoms. The van der Waals surface area contributed by atoms with Gasteiger partial charge < -0.3 is 9.64 Å². The van der Waals surface area contributed by atoms with E-state index in [0.29, 0.717) is 17.3 Å². The van der Waals surface area contributed by atoms with E-state index in [2.05, 4.69) is 4.98 Å². The fraction of sp³-hybridized carbons (Fsp3) is 0.500. The van der Waals surface area contributed by atoms with E-state index in [1.54, 1.807) is 26.2 Å². The van der Waals surface area contributed by atoms with E-state index in [9.17, 15) is 18.0 Å². The average Bonchev–Trinajstić information content (AvgIpc) is 3.01. The molecule has 0 aliphatic rings. The molecule has 0 radical (unpaired) electrons. The summed E-state index contributed by atoms with van der Waals surface area (Å²) >= 11 is 1.36. The van der Waals surface area contributed by atoms with E-state index in [1.807, 2.05) is 31.2 Å². The third kappa shape index (κ3) is 7.14. The van der Waals surface area contributed by atoms with Crippen LogP contribution in [0.3, 0.4) is 0 Å². The Morgan fingerprint density at radius 1 is 1.14 bits per heavy atom. The molecule has 28 heavy (non-hydrogen) atoms. The largest absolute Gasteiger partial charge is 0.494 e. The van der Waals surface area contributed by atoms with Gasteiger partial charge in [-0.3, -0.25) is 4.79 Å². The highest BCUT2D eigenvalue weighted by molar-refractivity contribution is 7.13. The van der Waals surface area contributed by atoms with Gasteiger partial charge in [0.25, 0.3) is 0 Å². The van der Waals surface area contributed by atoms with Gasteiger partial charge in [0.05, 0.1) is 18.7 Å². The Labute approximate surface area is 167 Å². The topological polar surface area (TPSA) is 42.4 Å². The predicted molar refractivity (Wildman–Crippen MR) is 105 cm³/mol. The lowest BCUT2D eigenvalue weighted by atomic mass is 9.96. The van der Waals surface area contributed by atoms with Crippen LogP contribution in [0.2, 0.25) is 0 Å². The first-order valence-corrected chi connectivity index (χ1v) is 9.87. The van der Waals surface area contributed by atoms with E-state index >= 15 is 0 Å². The molecule has 0 aliphatic carbocycles. The summed E-state index contributed by atoms with van der Waals surface area (Å²) in [5.74, 6) is 0.180. The Kier molecular flexibility index (Phi) is 7.09. The first kappa shape index (κ1) is 22.2. The second-order valence-corrected chi connectivity index (χ2v) is 8.56. The van der Waals surface area contributed by atoms with Crippen LogP contribution in [0.25, 0.3) is 10.6 Å². The van der Waals surface area contributed by atoms with Crippen LogP contribution in [0.5, 0.6) is 5.75 Å². The Balaban J connectivity index is 2.10. The summed E-state index contributed by atoms with van der Waals surface area (Å²) < 4.78 is 44.0. The fourth-order valence-electron chi connectivity index (χ4n) is 2.67. The molecule has 2 rings (SSSR count). The van der Waals surface area contributed by atoms with Crippen molar-refractivity contribution < 1.29 is 22.7 Å². The van der Waals surface area contributed by atoms with E-state index in [-0.39, 0.29) is 13.0 Å². The van der Waals surface area contributed by atoms with Gasteiger partial charge in [-0.15, -0.1) is 11.3 Å². The summed E-state index contributed by atoms with van der Waals surface area (Å²) in [7, 11) is 0. The molecule has 0 aliphatic heterocycles. The molecule has 0 saturated carbocycles. The van der Waals surface area contributed by atoms with Gasteiger partial charge >= 0.3 is 6.18 Å². The summed E-state index contributed by atoms with van der Waals surface area (Å²) in [4.78, 5) is 17.8. The van der Waals surface area contributed by atoms with Crippen LogP contribution in [0.15, 0.2) is 29.6 Å². The first-order valence-electron chi connectivity index (χ1n) is 8.99. The van der Waals surface area contributed by atoms with E-state index < -0.39 is 24.0 Å². The van der Waals surface area contributed by atoms with Crippen molar-refractivity contribution in [1.82, 2.24) is 9.88 Å². The molecule has 1 heterocycles. The summed E-state index contributed by atoms with van der Waals surface area (Å²) in [5.41, 5.74) is 0.908. The van der Waals surface area contributed by atoms with Gasteiger partial charge in [-0.1, -0.05) is 20.8 Å². The first-order chi connectivity index (χ1) is 13.0. The SMILES string of the molecule is CCOc1ccc(-c2nc(CC(=O)N(CC(C)(C)C)CC(F)(F)F)cs2)cc1. The van der Waals surface area contributed by atoms with E-state index in [0.717, 1.165) is 16.2 Å². The molecule has 0 N–H and O–H groups in total. The molecule has 1 aromatic heterocycles. The van der Waals surface area contributed by atoms with Gasteiger partial charge in [-0.05, 0) is 36.6 Å². The van der Waals surface area contributed by atoms with Gasteiger partial charge in [0.2, 0.25) is 5.91 Å². The maximum absolute atomic E-state index is 12.9. The Hall–Kier alpha value is -2.09. The molecule has 2 aromatic rings. The van der Waals surface area contributed by atoms with Crippen molar-refractivity contribution in [3.8, 4) is 16.3 Å². The lowest BCUT2D eigenvalue weighted by Gasteiger charge is -2.30. The highest BCUT2D eigenvalue weighted by atomic mass is 32.1. The lowest BCUT2D eigenvalue weighted by molar-refractivity contribution is -0.163.